The molecule has 0 N–H and O–H groups in total. The molecule has 1 aliphatic carbocycles. The Balaban J connectivity index is 2.07. The number of thioether (sulfide) groups is 1. The SMILES string of the molecule is CN(C)c1ccc2c(c1)SC1=CCC=CC1=N2. The minimum Gasteiger partial charge on any atom is -0.378 e. The van der Waals surface area contributed by atoms with E-state index in [1.165, 1.54) is 15.5 Å². The summed E-state index contributed by atoms with van der Waals surface area (Å²) in [6, 6.07) is 6.42. The van der Waals surface area contributed by atoms with Gasteiger partial charge in [0.05, 0.1) is 11.4 Å². The highest BCUT2D eigenvalue weighted by Gasteiger charge is 2.18. The van der Waals surface area contributed by atoms with E-state index in [1.807, 2.05) is 11.8 Å². The number of allylic oxidation sites excluding steroid dienone is 4. The van der Waals surface area contributed by atoms with Crippen molar-refractivity contribution in [1.29, 1.82) is 0 Å². The standard InChI is InChI=1S/C14H14N2S/c1-16(2)10-7-8-12-14(9-10)17-13-6-4-3-5-11(13)15-12/h3,5-9H,4H2,1-2H3. The van der Waals surface area contributed by atoms with Gasteiger partial charge in [-0.15, -0.1) is 0 Å². The van der Waals surface area contributed by atoms with Crippen LogP contribution in [-0.2, 0) is 0 Å². The number of aliphatic imine (C=N–C) groups is 1. The molecule has 0 bridgehead atoms. The summed E-state index contributed by atoms with van der Waals surface area (Å²) in [7, 11) is 4.12. The molecule has 0 amide bonds. The fourth-order valence-electron chi connectivity index (χ4n) is 1.93. The van der Waals surface area contributed by atoms with Crippen molar-refractivity contribution in [1.82, 2.24) is 0 Å². The van der Waals surface area contributed by atoms with E-state index in [-0.39, 0.29) is 0 Å². The van der Waals surface area contributed by atoms with Crippen LogP contribution >= 0.6 is 11.8 Å². The fraction of sp³-hybridized carbons (Fsp3) is 0.214. The molecule has 0 radical (unpaired) electrons. The Morgan fingerprint density at radius 1 is 1.29 bits per heavy atom. The molecular formula is C14H14N2S. The number of anilines is 1. The quantitative estimate of drug-likeness (QED) is 0.745. The Morgan fingerprint density at radius 3 is 3.00 bits per heavy atom. The van der Waals surface area contributed by atoms with Gasteiger partial charge in [0.15, 0.2) is 0 Å². The second-order valence-electron chi connectivity index (χ2n) is 4.35. The van der Waals surface area contributed by atoms with Crippen LogP contribution in [0.4, 0.5) is 11.4 Å². The highest BCUT2D eigenvalue weighted by atomic mass is 32.2. The molecule has 0 saturated carbocycles. The van der Waals surface area contributed by atoms with E-state index in [0.717, 1.165) is 17.8 Å². The van der Waals surface area contributed by atoms with E-state index in [0.29, 0.717) is 0 Å². The average Bonchev–Trinajstić information content (AvgIpc) is 2.35. The first-order valence-electron chi connectivity index (χ1n) is 5.69. The minimum absolute atomic E-state index is 1.02. The van der Waals surface area contributed by atoms with E-state index in [9.17, 15) is 0 Å². The van der Waals surface area contributed by atoms with E-state index in [2.05, 4.69) is 55.4 Å². The van der Waals surface area contributed by atoms with Crippen LogP contribution in [0.5, 0.6) is 0 Å². The third-order valence-electron chi connectivity index (χ3n) is 2.89. The highest BCUT2D eigenvalue weighted by molar-refractivity contribution is 8.04. The maximum atomic E-state index is 4.69. The Morgan fingerprint density at radius 2 is 2.18 bits per heavy atom. The first kappa shape index (κ1) is 10.7. The van der Waals surface area contributed by atoms with Crippen molar-refractivity contribution in [2.45, 2.75) is 11.3 Å². The first-order chi connectivity index (χ1) is 8.24. The highest BCUT2D eigenvalue weighted by Crippen LogP contribution is 2.42. The van der Waals surface area contributed by atoms with Gasteiger partial charge in [0.2, 0.25) is 0 Å². The van der Waals surface area contributed by atoms with E-state index in [1.54, 1.807) is 0 Å². The lowest BCUT2D eigenvalue weighted by Gasteiger charge is -2.20. The molecule has 0 aromatic heterocycles. The molecular weight excluding hydrogens is 228 g/mol. The zero-order chi connectivity index (χ0) is 11.8. The minimum atomic E-state index is 1.02. The van der Waals surface area contributed by atoms with Gasteiger partial charge in [-0.05, 0) is 30.7 Å². The third kappa shape index (κ3) is 1.91. The predicted octanol–water partition coefficient (Wildman–Crippen LogP) is 3.77. The Labute approximate surface area is 106 Å². The van der Waals surface area contributed by atoms with Crippen LogP contribution in [0.2, 0.25) is 0 Å². The van der Waals surface area contributed by atoms with Crippen LogP contribution in [0.25, 0.3) is 0 Å². The molecule has 0 fully saturated rings. The molecule has 2 nitrogen and oxygen atoms in total. The van der Waals surface area contributed by atoms with Gasteiger partial charge in [-0.25, -0.2) is 4.99 Å². The number of benzene rings is 1. The molecule has 3 heteroatoms. The zero-order valence-corrected chi connectivity index (χ0v) is 10.8. The van der Waals surface area contributed by atoms with Crippen LogP contribution in [0.15, 0.2) is 51.2 Å². The Hall–Kier alpha value is -1.48. The number of nitrogens with zero attached hydrogens (tertiary/aromatic N) is 2. The number of hydrogen-bond acceptors (Lipinski definition) is 3. The third-order valence-corrected chi connectivity index (χ3v) is 4.03. The van der Waals surface area contributed by atoms with Crippen LogP contribution in [0, 0.1) is 0 Å². The van der Waals surface area contributed by atoms with E-state index >= 15 is 0 Å². The summed E-state index contributed by atoms with van der Waals surface area (Å²) in [6.45, 7) is 0. The molecule has 0 spiro atoms. The zero-order valence-electron chi connectivity index (χ0n) is 9.97. The number of fused-ring (bicyclic) bond motifs is 2. The van der Waals surface area contributed by atoms with Crippen LogP contribution in [0.1, 0.15) is 6.42 Å². The Bertz CT molecular complexity index is 553. The van der Waals surface area contributed by atoms with Gasteiger partial charge < -0.3 is 4.90 Å². The van der Waals surface area contributed by atoms with Crippen molar-refractivity contribution in [3.05, 3.63) is 41.3 Å². The largest absolute Gasteiger partial charge is 0.378 e. The van der Waals surface area contributed by atoms with E-state index < -0.39 is 0 Å². The second kappa shape index (κ2) is 4.08. The topological polar surface area (TPSA) is 15.6 Å². The summed E-state index contributed by atoms with van der Waals surface area (Å²) in [5, 5.41) is 0. The van der Waals surface area contributed by atoms with Gasteiger partial charge >= 0.3 is 0 Å². The Kier molecular flexibility index (Phi) is 2.56. The summed E-state index contributed by atoms with van der Waals surface area (Å²) in [5.74, 6) is 0. The summed E-state index contributed by atoms with van der Waals surface area (Å²) in [6.07, 6.45) is 7.53. The van der Waals surface area contributed by atoms with Crippen molar-refractivity contribution < 1.29 is 0 Å². The monoisotopic (exact) mass is 242 g/mol. The molecule has 1 heterocycles. The summed E-state index contributed by atoms with van der Waals surface area (Å²) in [5.41, 5.74) is 3.41. The van der Waals surface area contributed by atoms with Crippen molar-refractivity contribution in [3.63, 3.8) is 0 Å². The van der Waals surface area contributed by atoms with Crippen molar-refractivity contribution in [2.75, 3.05) is 19.0 Å². The van der Waals surface area contributed by atoms with Gasteiger partial charge in [0, 0.05) is 29.6 Å². The first-order valence-corrected chi connectivity index (χ1v) is 6.51. The maximum absolute atomic E-state index is 4.69. The predicted molar refractivity (Wildman–Crippen MR) is 75.6 cm³/mol. The maximum Gasteiger partial charge on any atom is 0.0778 e. The lowest BCUT2D eigenvalue weighted by molar-refractivity contribution is 1.12. The normalized spacial score (nSPS) is 16.8. The number of hydrogen-bond donors (Lipinski definition) is 0. The van der Waals surface area contributed by atoms with E-state index in [4.69, 9.17) is 4.99 Å². The van der Waals surface area contributed by atoms with Crippen molar-refractivity contribution >= 4 is 28.8 Å². The van der Waals surface area contributed by atoms with Gasteiger partial charge in [0.1, 0.15) is 0 Å². The van der Waals surface area contributed by atoms with Gasteiger partial charge in [0.25, 0.3) is 0 Å². The fourth-order valence-corrected chi connectivity index (χ4v) is 2.96. The molecule has 1 aromatic rings. The second-order valence-corrected chi connectivity index (χ2v) is 5.44. The molecule has 2 aliphatic rings. The molecule has 0 atom stereocenters. The van der Waals surface area contributed by atoms with Crippen LogP contribution in [0.3, 0.4) is 0 Å². The van der Waals surface area contributed by atoms with Crippen molar-refractivity contribution in [3.8, 4) is 0 Å². The molecule has 1 aromatic carbocycles. The molecule has 0 saturated heterocycles. The molecule has 86 valence electrons. The molecule has 1 aliphatic heterocycles. The molecule has 3 rings (SSSR count). The summed E-state index contributed by atoms with van der Waals surface area (Å²) >= 11 is 1.82. The van der Waals surface area contributed by atoms with Crippen LogP contribution in [-0.4, -0.2) is 19.8 Å². The molecule has 17 heavy (non-hydrogen) atoms. The summed E-state index contributed by atoms with van der Waals surface area (Å²) in [4.78, 5) is 9.35. The molecule has 0 unspecified atom stereocenters. The number of rotatable bonds is 1. The van der Waals surface area contributed by atoms with Gasteiger partial charge in [-0.3, -0.25) is 0 Å². The lowest BCUT2D eigenvalue weighted by Crippen LogP contribution is -2.09. The lowest BCUT2D eigenvalue weighted by atomic mass is 10.1. The van der Waals surface area contributed by atoms with Gasteiger partial charge in [-0.2, -0.15) is 0 Å². The smallest absolute Gasteiger partial charge is 0.0778 e. The van der Waals surface area contributed by atoms with Crippen LogP contribution < -0.4 is 4.90 Å². The van der Waals surface area contributed by atoms with Crippen molar-refractivity contribution in [2.24, 2.45) is 4.99 Å². The summed E-state index contributed by atoms with van der Waals surface area (Å²) < 4.78 is 0. The average molecular weight is 242 g/mol. The van der Waals surface area contributed by atoms with Gasteiger partial charge in [-0.1, -0.05) is 23.9 Å².